The van der Waals surface area contributed by atoms with Crippen molar-refractivity contribution in [2.24, 2.45) is 0 Å². The van der Waals surface area contributed by atoms with Crippen LogP contribution in [0.4, 0.5) is 0 Å². The highest BCUT2D eigenvalue weighted by Gasteiger charge is 2.46. The average Bonchev–Trinajstić information content (AvgIpc) is 2.78. The Labute approximate surface area is 113 Å². The molecule has 2 aliphatic rings. The molecule has 3 rings (SSSR count). The molecule has 1 aromatic rings. The molecular formula is C16H18OS. The van der Waals surface area contributed by atoms with Gasteiger partial charge in [-0.3, -0.25) is 0 Å². The third kappa shape index (κ3) is 2.10. The average molecular weight is 258 g/mol. The van der Waals surface area contributed by atoms with Crippen LogP contribution in [0.5, 0.6) is 0 Å². The number of allylic oxidation sites excluding steroid dienone is 1. The molecule has 1 fully saturated rings. The molecule has 18 heavy (non-hydrogen) atoms. The Morgan fingerprint density at radius 3 is 2.94 bits per heavy atom. The second-order valence-electron chi connectivity index (χ2n) is 4.97. The maximum absolute atomic E-state index is 6.01. The number of fused-ring (bicyclic) bond motifs is 1. The first-order valence-electron chi connectivity index (χ1n) is 6.56. The van der Waals surface area contributed by atoms with Gasteiger partial charge < -0.3 is 4.74 Å². The molecule has 0 unspecified atom stereocenters. The zero-order valence-corrected chi connectivity index (χ0v) is 11.3. The third-order valence-corrected chi connectivity index (χ3v) is 5.16. The summed E-state index contributed by atoms with van der Waals surface area (Å²) in [6.45, 7) is 3.88. The summed E-state index contributed by atoms with van der Waals surface area (Å²) in [6.07, 6.45) is 9.08. The van der Waals surface area contributed by atoms with E-state index < -0.39 is 0 Å². The fourth-order valence-electron chi connectivity index (χ4n) is 2.81. The summed E-state index contributed by atoms with van der Waals surface area (Å²) in [5.41, 5.74) is 0. The molecule has 0 aromatic heterocycles. The SMILES string of the molecule is C=C[C@@H]1C[C@]2(Sc3ccccc3)CCCC=C2O1. The molecule has 2 atom stereocenters. The molecule has 1 nitrogen and oxygen atoms in total. The summed E-state index contributed by atoms with van der Waals surface area (Å²) < 4.78 is 6.16. The van der Waals surface area contributed by atoms with Crippen molar-refractivity contribution in [2.45, 2.75) is 41.4 Å². The van der Waals surface area contributed by atoms with E-state index in [2.05, 4.69) is 43.0 Å². The molecule has 0 N–H and O–H groups in total. The van der Waals surface area contributed by atoms with Crippen molar-refractivity contribution in [1.82, 2.24) is 0 Å². The van der Waals surface area contributed by atoms with Gasteiger partial charge in [0.1, 0.15) is 11.9 Å². The van der Waals surface area contributed by atoms with Crippen molar-refractivity contribution in [3.05, 3.63) is 54.8 Å². The molecule has 0 saturated carbocycles. The fraction of sp³-hybridized carbons (Fsp3) is 0.375. The molecule has 1 aliphatic carbocycles. The largest absolute Gasteiger partial charge is 0.489 e. The number of ether oxygens (including phenoxy) is 1. The van der Waals surface area contributed by atoms with Gasteiger partial charge in [-0.1, -0.05) is 30.9 Å². The molecule has 1 aliphatic heterocycles. The van der Waals surface area contributed by atoms with Gasteiger partial charge in [0.15, 0.2) is 0 Å². The first-order chi connectivity index (χ1) is 8.82. The van der Waals surface area contributed by atoms with Gasteiger partial charge in [-0.2, -0.15) is 0 Å². The summed E-state index contributed by atoms with van der Waals surface area (Å²) >= 11 is 1.96. The Bertz CT molecular complexity index is 465. The first kappa shape index (κ1) is 11.9. The Kier molecular flexibility index (Phi) is 3.21. The van der Waals surface area contributed by atoms with E-state index in [1.165, 1.54) is 23.5 Å². The third-order valence-electron chi connectivity index (χ3n) is 3.69. The zero-order chi connectivity index (χ0) is 12.4. The Morgan fingerprint density at radius 2 is 2.17 bits per heavy atom. The highest BCUT2D eigenvalue weighted by atomic mass is 32.2. The van der Waals surface area contributed by atoms with E-state index in [-0.39, 0.29) is 10.9 Å². The summed E-state index contributed by atoms with van der Waals surface area (Å²) in [5.74, 6) is 1.19. The number of benzene rings is 1. The van der Waals surface area contributed by atoms with E-state index in [9.17, 15) is 0 Å². The lowest BCUT2D eigenvalue weighted by molar-refractivity contribution is 0.198. The van der Waals surface area contributed by atoms with Crippen LogP contribution in [0, 0.1) is 0 Å². The second kappa shape index (κ2) is 4.85. The summed E-state index contributed by atoms with van der Waals surface area (Å²) in [6, 6.07) is 10.6. The van der Waals surface area contributed by atoms with E-state index in [1.54, 1.807) is 0 Å². The molecule has 94 valence electrons. The van der Waals surface area contributed by atoms with E-state index >= 15 is 0 Å². The van der Waals surface area contributed by atoms with Crippen LogP contribution in [0.15, 0.2) is 59.7 Å². The van der Waals surface area contributed by atoms with Gasteiger partial charge in [-0.25, -0.2) is 0 Å². The van der Waals surface area contributed by atoms with Gasteiger partial charge in [0, 0.05) is 11.3 Å². The highest BCUT2D eigenvalue weighted by molar-refractivity contribution is 8.01. The molecular weight excluding hydrogens is 240 g/mol. The normalized spacial score (nSPS) is 30.2. The molecule has 0 radical (unpaired) electrons. The van der Waals surface area contributed by atoms with Crippen LogP contribution in [0.25, 0.3) is 0 Å². The molecule has 0 bridgehead atoms. The quantitative estimate of drug-likeness (QED) is 0.735. The van der Waals surface area contributed by atoms with Crippen molar-refractivity contribution in [2.75, 3.05) is 0 Å². The van der Waals surface area contributed by atoms with E-state index in [1.807, 2.05) is 17.8 Å². The summed E-state index contributed by atoms with van der Waals surface area (Å²) in [4.78, 5) is 1.33. The van der Waals surface area contributed by atoms with Gasteiger partial charge in [0.25, 0.3) is 0 Å². The van der Waals surface area contributed by atoms with Gasteiger partial charge >= 0.3 is 0 Å². The van der Waals surface area contributed by atoms with Crippen LogP contribution >= 0.6 is 11.8 Å². The van der Waals surface area contributed by atoms with Gasteiger partial charge in [-0.05, 0) is 37.5 Å². The van der Waals surface area contributed by atoms with E-state index in [0.29, 0.717) is 0 Å². The minimum atomic E-state index is 0.151. The Morgan fingerprint density at radius 1 is 1.33 bits per heavy atom. The lowest BCUT2D eigenvalue weighted by Gasteiger charge is -2.30. The van der Waals surface area contributed by atoms with E-state index in [0.717, 1.165) is 12.8 Å². The van der Waals surface area contributed by atoms with Crippen molar-refractivity contribution < 1.29 is 4.74 Å². The van der Waals surface area contributed by atoms with Crippen molar-refractivity contribution in [3.63, 3.8) is 0 Å². The predicted octanol–water partition coefficient (Wildman–Crippen LogP) is 4.56. The molecule has 0 amide bonds. The zero-order valence-electron chi connectivity index (χ0n) is 10.5. The monoisotopic (exact) mass is 258 g/mol. The minimum absolute atomic E-state index is 0.151. The van der Waals surface area contributed by atoms with Crippen LogP contribution in [-0.4, -0.2) is 10.9 Å². The van der Waals surface area contributed by atoms with Crippen molar-refractivity contribution in [3.8, 4) is 0 Å². The molecule has 1 heterocycles. The van der Waals surface area contributed by atoms with Crippen molar-refractivity contribution in [1.29, 1.82) is 0 Å². The smallest absolute Gasteiger partial charge is 0.118 e. The van der Waals surface area contributed by atoms with Crippen molar-refractivity contribution >= 4 is 11.8 Å². The number of rotatable bonds is 3. The molecule has 0 spiro atoms. The van der Waals surface area contributed by atoms with Crippen LogP contribution in [0.1, 0.15) is 25.7 Å². The maximum Gasteiger partial charge on any atom is 0.118 e. The van der Waals surface area contributed by atoms with Crippen LogP contribution < -0.4 is 0 Å². The number of hydrogen-bond acceptors (Lipinski definition) is 2. The summed E-state index contributed by atoms with van der Waals surface area (Å²) in [7, 11) is 0. The second-order valence-corrected chi connectivity index (χ2v) is 6.42. The van der Waals surface area contributed by atoms with Crippen LogP contribution in [0.3, 0.4) is 0 Å². The fourth-order valence-corrected chi connectivity index (χ4v) is 4.28. The first-order valence-corrected chi connectivity index (χ1v) is 7.38. The standard InChI is InChI=1S/C16H18OS/c1-2-13-12-16(11-7-6-10-15(16)17-13)18-14-8-4-3-5-9-14/h2-5,8-10,13H,1,6-7,11-12H2/t13-,16-/m1/s1. The van der Waals surface area contributed by atoms with Crippen LogP contribution in [-0.2, 0) is 4.74 Å². The highest BCUT2D eigenvalue weighted by Crippen LogP contribution is 2.52. The predicted molar refractivity (Wildman–Crippen MR) is 76.7 cm³/mol. The molecule has 1 aromatic carbocycles. The summed E-state index contributed by atoms with van der Waals surface area (Å²) in [5, 5.41) is 0. The topological polar surface area (TPSA) is 9.23 Å². The van der Waals surface area contributed by atoms with Gasteiger partial charge in [0.2, 0.25) is 0 Å². The van der Waals surface area contributed by atoms with E-state index in [4.69, 9.17) is 4.74 Å². The molecule has 1 saturated heterocycles. The Balaban J connectivity index is 1.89. The maximum atomic E-state index is 6.01. The van der Waals surface area contributed by atoms with Gasteiger partial charge in [0.05, 0.1) is 4.75 Å². The van der Waals surface area contributed by atoms with Crippen LogP contribution in [0.2, 0.25) is 0 Å². The minimum Gasteiger partial charge on any atom is -0.489 e. The Hall–Kier alpha value is -1.15. The number of thioether (sulfide) groups is 1. The lowest BCUT2D eigenvalue weighted by atomic mass is 9.90. The lowest BCUT2D eigenvalue weighted by Crippen LogP contribution is -2.25. The van der Waals surface area contributed by atoms with Gasteiger partial charge in [-0.15, -0.1) is 11.8 Å². The number of hydrogen-bond donors (Lipinski definition) is 0. The molecule has 2 heteroatoms.